The standard InChI is InChI=1S/C26H25FN4S.C5H12.C2H6/c1-18(31(28)30-15-5-2-6-16-30)20-11-14-25-23(17-20)29-26(19-9-12-21(27)13-10-19)22-7-3-4-8-24(22)32-25;1-3-5-4-2;1-2/h3-4,7-14,17H,1-2,5-6,15-16,28H2;3-5H2,1-2H3;1-2H3. The van der Waals surface area contributed by atoms with Crippen molar-refractivity contribution in [3.05, 3.63) is 95.8 Å². The van der Waals surface area contributed by atoms with Crippen molar-refractivity contribution in [2.24, 2.45) is 10.8 Å². The Bertz CT molecular complexity index is 1230. The van der Waals surface area contributed by atoms with E-state index in [1.165, 1.54) is 37.8 Å². The maximum absolute atomic E-state index is 13.6. The number of nitrogens with two attached hydrogens (primary N) is 1. The van der Waals surface area contributed by atoms with Gasteiger partial charge in [-0.2, -0.15) is 0 Å². The summed E-state index contributed by atoms with van der Waals surface area (Å²) in [6.07, 6.45) is 7.61. The van der Waals surface area contributed by atoms with Gasteiger partial charge in [0.15, 0.2) is 0 Å². The van der Waals surface area contributed by atoms with Crippen LogP contribution in [0.1, 0.15) is 82.9 Å². The van der Waals surface area contributed by atoms with Crippen LogP contribution >= 0.6 is 11.8 Å². The van der Waals surface area contributed by atoms with Crippen molar-refractivity contribution in [1.82, 2.24) is 10.1 Å². The Hall–Kier alpha value is -2.93. The molecule has 1 saturated heterocycles. The summed E-state index contributed by atoms with van der Waals surface area (Å²) in [5, 5.41) is 3.83. The van der Waals surface area contributed by atoms with E-state index in [-0.39, 0.29) is 5.82 Å². The van der Waals surface area contributed by atoms with Gasteiger partial charge in [0.05, 0.1) is 17.1 Å². The van der Waals surface area contributed by atoms with Crippen LogP contribution in [0, 0.1) is 5.82 Å². The Labute approximate surface area is 238 Å². The summed E-state index contributed by atoms with van der Waals surface area (Å²) >= 11 is 1.69. The fourth-order valence-corrected chi connectivity index (χ4v) is 5.50. The highest BCUT2D eigenvalue weighted by Gasteiger charge is 2.21. The second-order valence-corrected chi connectivity index (χ2v) is 10.5. The highest BCUT2D eigenvalue weighted by atomic mass is 32.2. The van der Waals surface area contributed by atoms with Gasteiger partial charge >= 0.3 is 0 Å². The molecule has 0 unspecified atom stereocenters. The van der Waals surface area contributed by atoms with Crippen LogP contribution in [0.3, 0.4) is 0 Å². The molecule has 0 spiro atoms. The lowest BCUT2D eigenvalue weighted by Crippen LogP contribution is -2.48. The highest BCUT2D eigenvalue weighted by molar-refractivity contribution is 7.99. The molecule has 2 aliphatic heterocycles. The minimum absolute atomic E-state index is 0.259. The van der Waals surface area contributed by atoms with Crippen LogP contribution in [-0.2, 0) is 0 Å². The minimum atomic E-state index is -0.259. The van der Waals surface area contributed by atoms with E-state index >= 15 is 0 Å². The average Bonchev–Trinajstić information content (AvgIpc) is 3.15. The van der Waals surface area contributed by atoms with Gasteiger partial charge in [-0.15, -0.1) is 0 Å². The van der Waals surface area contributed by atoms with Gasteiger partial charge in [-0.25, -0.2) is 25.4 Å². The van der Waals surface area contributed by atoms with Crippen molar-refractivity contribution < 1.29 is 4.39 Å². The fourth-order valence-electron chi connectivity index (χ4n) is 4.50. The van der Waals surface area contributed by atoms with Gasteiger partial charge in [-0.05, 0) is 55.3 Å². The zero-order valence-corrected chi connectivity index (χ0v) is 24.7. The molecule has 0 radical (unpaired) electrons. The molecule has 0 bridgehead atoms. The largest absolute Gasteiger partial charge is 0.247 e. The van der Waals surface area contributed by atoms with Crippen molar-refractivity contribution in [2.45, 2.75) is 76.0 Å². The molecule has 6 heteroatoms. The first-order valence-electron chi connectivity index (χ1n) is 14.3. The number of unbranched alkanes of at least 4 members (excludes halogenated alkanes) is 2. The molecule has 208 valence electrons. The Balaban J connectivity index is 0.000000542. The summed E-state index contributed by atoms with van der Waals surface area (Å²) in [6, 6.07) is 20.9. The summed E-state index contributed by atoms with van der Waals surface area (Å²) in [7, 11) is 0. The van der Waals surface area contributed by atoms with Crippen molar-refractivity contribution in [2.75, 3.05) is 13.1 Å². The quantitative estimate of drug-likeness (QED) is 0.193. The SMILES string of the molecule is C=C(c1ccc2c(c1)N=C(c1ccc(F)cc1)c1ccccc1S2)N(N)N1CCCCC1.CC.CCCCC. The molecule has 1 fully saturated rings. The lowest BCUT2D eigenvalue weighted by molar-refractivity contribution is 0.0147. The average molecular weight is 547 g/mol. The molecule has 39 heavy (non-hydrogen) atoms. The number of hydrogen-bond donors (Lipinski definition) is 1. The van der Waals surface area contributed by atoms with Crippen molar-refractivity contribution in [3.63, 3.8) is 0 Å². The maximum Gasteiger partial charge on any atom is 0.123 e. The highest BCUT2D eigenvalue weighted by Crippen LogP contribution is 2.42. The first-order chi connectivity index (χ1) is 19.0. The van der Waals surface area contributed by atoms with Crippen molar-refractivity contribution >= 4 is 28.9 Å². The zero-order chi connectivity index (χ0) is 28.2. The van der Waals surface area contributed by atoms with E-state index in [9.17, 15) is 4.39 Å². The molecule has 5 rings (SSSR count). The van der Waals surface area contributed by atoms with Gasteiger partial charge in [0.25, 0.3) is 0 Å². The molecule has 0 amide bonds. The van der Waals surface area contributed by atoms with Crippen molar-refractivity contribution in [3.8, 4) is 0 Å². The minimum Gasteiger partial charge on any atom is -0.247 e. The number of hydrazine groups is 2. The second-order valence-electron chi connectivity index (χ2n) is 9.41. The molecule has 2 aliphatic rings. The number of nitrogens with zero attached hydrogens (tertiary/aromatic N) is 3. The number of fused-ring (bicyclic) bond motifs is 2. The first kappa shape index (κ1) is 30.6. The summed E-state index contributed by atoms with van der Waals surface area (Å²) in [4.78, 5) is 7.24. The van der Waals surface area contributed by atoms with E-state index in [1.807, 2.05) is 32.0 Å². The summed E-state index contributed by atoms with van der Waals surface area (Å²) < 4.78 is 13.6. The van der Waals surface area contributed by atoms with Gasteiger partial charge in [0, 0.05) is 39.6 Å². The third kappa shape index (κ3) is 8.04. The Morgan fingerprint density at radius 1 is 0.949 bits per heavy atom. The third-order valence-corrected chi connectivity index (χ3v) is 7.77. The predicted octanol–water partition coefficient (Wildman–Crippen LogP) is 9.23. The summed E-state index contributed by atoms with van der Waals surface area (Å²) in [5.41, 5.74) is 5.29. The smallest absolute Gasteiger partial charge is 0.123 e. The molecule has 0 aromatic heterocycles. The van der Waals surface area contributed by atoms with Crippen LogP contribution in [0.5, 0.6) is 0 Å². The van der Waals surface area contributed by atoms with Crippen LogP contribution in [0.4, 0.5) is 10.1 Å². The Kier molecular flexibility index (Phi) is 12.2. The molecule has 0 saturated carbocycles. The molecule has 3 aromatic rings. The van der Waals surface area contributed by atoms with E-state index in [4.69, 9.17) is 10.8 Å². The van der Waals surface area contributed by atoms with Crippen LogP contribution in [0.25, 0.3) is 5.70 Å². The Morgan fingerprint density at radius 2 is 1.62 bits per heavy atom. The molecule has 3 aromatic carbocycles. The van der Waals surface area contributed by atoms with E-state index in [0.717, 1.165) is 69.5 Å². The molecular formula is C33H43FN4S. The van der Waals surface area contributed by atoms with Crippen molar-refractivity contribution in [1.29, 1.82) is 0 Å². The van der Waals surface area contributed by atoms with Gasteiger partial charge in [-0.1, -0.05) is 96.0 Å². The number of benzene rings is 3. The van der Waals surface area contributed by atoms with E-state index in [0.29, 0.717) is 0 Å². The maximum atomic E-state index is 13.6. The first-order valence-corrected chi connectivity index (χ1v) is 15.1. The molecule has 0 aliphatic carbocycles. The monoisotopic (exact) mass is 546 g/mol. The fraction of sp³-hybridized carbons (Fsp3) is 0.364. The molecular weight excluding hydrogens is 503 g/mol. The third-order valence-electron chi connectivity index (χ3n) is 6.63. The van der Waals surface area contributed by atoms with Gasteiger partial charge in [0.2, 0.25) is 0 Å². The predicted molar refractivity (Wildman–Crippen MR) is 166 cm³/mol. The lowest BCUT2D eigenvalue weighted by Gasteiger charge is -2.36. The van der Waals surface area contributed by atoms with Gasteiger partial charge in [-0.3, -0.25) is 0 Å². The topological polar surface area (TPSA) is 44.9 Å². The number of hydrogen-bond acceptors (Lipinski definition) is 5. The van der Waals surface area contributed by atoms with E-state index < -0.39 is 0 Å². The lowest BCUT2D eigenvalue weighted by atomic mass is 10.0. The summed E-state index contributed by atoms with van der Waals surface area (Å²) in [6.45, 7) is 14.6. The number of aliphatic imine (C=N–C) groups is 1. The van der Waals surface area contributed by atoms with E-state index in [2.05, 4.69) is 49.7 Å². The van der Waals surface area contributed by atoms with Crippen LogP contribution in [0.2, 0.25) is 0 Å². The van der Waals surface area contributed by atoms with Crippen LogP contribution in [-0.4, -0.2) is 28.9 Å². The molecule has 2 heterocycles. The molecule has 4 nitrogen and oxygen atoms in total. The van der Waals surface area contributed by atoms with E-state index in [1.54, 1.807) is 29.0 Å². The number of rotatable bonds is 6. The summed E-state index contributed by atoms with van der Waals surface area (Å²) in [5.74, 6) is 6.16. The van der Waals surface area contributed by atoms with Crippen LogP contribution < -0.4 is 5.84 Å². The Morgan fingerprint density at radius 3 is 2.26 bits per heavy atom. The molecule has 2 N–H and O–H groups in total. The number of halogens is 1. The zero-order valence-electron chi connectivity index (χ0n) is 23.9. The van der Waals surface area contributed by atoms with Gasteiger partial charge < -0.3 is 0 Å². The number of piperidine rings is 1. The second kappa shape index (κ2) is 15.6. The van der Waals surface area contributed by atoms with Gasteiger partial charge in [0.1, 0.15) is 5.82 Å². The molecule has 0 atom stereocenters. The normalized spacial score (nSPS) is 14.3. The van der Waals surface area contributed by atoms with Crippen LogP contribution in [0.15, 0.2) is 88.1 Å².